The molecule has 3 rings (SSSR count). The number of hydrogen-bond acceptors (Lipinski definition) is 4. The van der Waals surface area contributed by atoms with Crippen molar-refractivity contribution in [1.82, 2.24) is 4.98 Å². The van der Waals surface area contributed by atoms with Gasteiger partial charge in [-0.2, -0.15) is 0 Å². The van der Waals surface area contributed by atoms with Gasteiger partial charge in [0.1, 0.15) is 23.2 Å². The molecule has 0 aliphatic heterocycles. The quantitative estimate of drug-likeness (QED) is 0.669. The Labute approximate surface area is 152 Å². The van der Waals surface area contributed by atoms with Gasteiger partial charge in [0, 0.05) is 10.4 Å². The Balaban J connectivity index is 1.83. The average molecular weight is 378 g/mol. The number of aliphatic carboxylic acids is 1. The van der Waals surface area contributed by atoms with Crippen molar-refractivity contribution >= 4 is 28.9 Å². The Hall–Kier alpha value is -2.44. The molecular formula is C18H13ClFNO3S. The van der Waals surface area contributed by atoms with E-state index in [0.717, 1.165) is 5.56 Å². The minimum Gasteiger partial charge on any atom is -0.488 e. The van der Waals surface area contributed by atoms with E-state index >= 15 is 0 Å². The third-order valence-electron chi connectivity index (χ3n) is 3.36. The van der Waals surface area contributed by atoms with Crippen LogP contribution in [0.25, 0.3) is 10.6 Å². The molecule has 0 saturated heterocycles. The maximum atomic E-state index is 13.0. The molecule has 0 aliphatic rings. The number of carboxylic acids is 1. The highest BCUT2D eigenvalue weighted by atomic mass is 35.5. The number of carboxylic acid groups (broad SMARTS) is 1. The summed E-state index contributed by atoms with van der Waals surface area (Å²) in [6, 6.07) is 11.2. The van der Waals surface area contributed by atoms with Crippen molar-refractivity contribution in [1.29, 1.82) is 0 Å². The van der Waals surface area contributed by atoms with Gasteiger partial charge in [0.2, 0.25) is 0 Å². The van der Waals surface area contributed by atoms with E-state index in [4.69, 9.17) is 21.4 Å². The second kappa shape index (κ2) is 7.63. The summed E-state index contributed by atoms with van der Waals surface area (Å²) in [7, 11) is 0. The SMILES string of the molecule is O=C(O)Cc1csc(-c2cc(Cl)ccc2OCc2ccc(F)cc2)n1. The van der Waals surface area contributed by atoms with Crippen LogP contribution < -0.4 is 4.74 Å². The number of thiazole rings is 1. The van der Waals surface area contributed by atoms with Crippen LogP contribution in [-0.4, -0.2) is 16.1 Å². The summed E-state index contributed by atoms with van der Waals surface area (Å²) in [5, 5.41) is 11.7. The molecule has 3 aromatic rings. The van der Waals surface area contributed by atoms with Crippen LogP contribution >= 0.6 is 22.9 Å². The summed E-state index contributed by atoms with van der Waals surface area (Å²) in [5.41, 5.74) is 2.00. The molecule has 1 heterocycles. The average Bonchev–Trinajstić information content (AvgIpc) is 3.02. The number of aromatic nitrogens is 1. The Morgan fingerprint density at radius 2 is 2.00 bits per heavy atom. The third kappa shape index (κ3) is 4.55. The zero-order chi connectivity index (χ0) is 17.8. The van der Waals surface area contributed by atoms with Crippen LogP contribution in [0.1, 0.15) is 11.3 Å². The van der Waals surface area contributed by atoms with Gasteiger partial charge in [-0.1, -0.05) is 23.7 Å². The predicted octanol–water partition coefficient (Wildman–Crippen LogP) is 4.81. The molecule has 0 saturated carbocycles. The van der Waals surface area contributed by atoms with E-state index in [1.807, 2.05) is 0 Å². The number of carbonyl (C=O) groups is 1. The number of halogens is 2. The van der Waals surface area contributed by atoms with E-state index in [1.54, 1.807) is 35.7 Å². The van der Waals surface area contributed by atoms with Gasteiger partial charge in [0.05, 0.1) is 17.7 Å². The van der Waals surface area contributed by atoms with Gasteiger partial charge in [-0.15, -0.1) is 11.3 Å². The minimum atomic E-state index is -0.935. The zero-order valence-electron chi connectivity index (χ0n) is 12.9. The van der Waals surface area contributed by atoms with Gasteiger partial charge in [0.15, 0.2) is 0 Å². The van der Waals surface area contributed by atoms with Crippen molar-refractivity contribution in [3.05, 3.63) is 69.9 Å². The third-order valence-corrected chi connectivity index (χ3v) is 4.52. The molecule has 25 heavy (non-hydrogen) atoms. The maximum absolute atomic E-state index is 13.0. The van der Waals surface area contributed by atoms with Gasteiger partial charge < -0.3 is 9.84 Å². The molecule has 4 nitrogen and oxygen atoms in total. The van der Waals surface area contributed by atoms with E-state index in [2.05, 4.69) is 4.98 Å². The second-order valence-corrected chi connectivity index (χ2v) is 6.56. The summed E-state index contributed by atoms with van der Waals surface area (Å²) in [4.78, 5) is 15.1. The minimum absolute atomic E-state index is 0.136. The lowest BCUT2D eigenvalue weighted by Crippen LogP contribution is -2.00. The first-order valence-corrected chi connectivity index (χ1v) is 8.60. The molecule has 0 aliphatic carbocycles. The molecule has 0 spiro atoms. The summed E-state index contributed by atoms with van der Waals surface area (Å²) in [5.74, 6) is -0.662. The highest BCUT2D eigenvalue weighted by Crippen LogP contribution is 2.35. The lowest BCUT2D eigenvalue weighted by atomic mass is 10.2. The number of ether oxygens (including phenoxy) is 1. The molecule has 0 fully saturated rings. The lowest BCUT2D eigenvalue weighted by molar-refractivity contribution is -0.136. The molecule has 0 unspecified atom stereocenters. The van der Waals surface area contributed by atoms with E-state index in [0.29, 0.717) is 27.0 Å². The van der Waals surface area contributed by atoms with Crippen molar-refractivity contribution < 1.29 is 19.0 Å². The van der Waals surface area contributed by atoms with Gasteiger partial charge in [-0.3, -0.25) is 4.79 Å². The molecule has 0 radical (unpaired) electrons. The highest BCUT2D eigenvalue weighted by Gasteiger charge is 2.13. The van der Waals surface area contributed by atoms with Crippen LogP contribution in [0, 0.1) is 5.82 Å². The Kier molecular flexibility index (Phi) is 5.31. The first-order chi connectivity index (χ1) is 12.0. The van der Waals surface area contributed by atoms with Gasteiger partial charge in [-0.25, -0.2) is 9.37 Å². The molecule has 128 valence electrons. The van der Waals surface area contributed by atoms with Gasteiger partial charge in [-0.05, 0) is 35.9 Å². The molecule has 1 N–H and O–H groups in total. The van der Waals surface area contributed by atoms with Crippen LogP contribution in [0.15, 0.2) is 47.8 Å². The molecule has 2 aromatic carbocycles. The molecule has 0 atom stereocenters. The Morgan fingerprint density at radius 1 is 1.24 bits per heavy atom. The van der Waals surface area contributed by atoms with Crippen molar-refractivity contribution in [2.75, 3.05) is 0 Å². The molecule has 1 aromatic heterocycles. The number of rotatable bonds is 6. The molecule has 0 amide bonds. The first-order valence-electron chi connectivity index (χ1n) is 7.34. The lowest BCUT2D eigenvalue weighted by Gasteiger charge is -2.10. The largest absolute Gasteiger partial charge is 0.488 e. The smallest absolute Gasteiger partial charge is 0.309 e. The molecular weight excluding hydrogens is 365 g/mol. The predicted molar refractivity (Wildman–Crippen MR) is 94.6 cm³/mol. The van der Waals surface area contributed by atoms with Gasteiger partial charge >= 0.3 is 5.97 Å². The monoisotopic (exact) mass is 377 g/mol. The first kappa shape index (κ1) is 17.4. The number of hydrogen-bond donors (Lipinski definition) is 1. The van der Waals surface area contributed by atoms with Crippen molar-refractivity contribution in [3.63, 3.8) is 0 Å². The fraction of sp³-hybridized carbons (Fsp3) is 0.111. The fourth-order valence-electron chi connectivity index (χ4n) is 2.20. The maximum Gasteiger partial charge on any atom is 0.309 e. The summed E-state index contributed by atoms with van der Waals surface area (Å²) in [6.45, 7) is 0.266. The second-order valence-electron chi connectivity index (χ2n) is 5.27. The van der Waals surface area contributed by atoms with Crippen molar-refractivity contribution in [2.45, 2.75) is 13.0 Å². The van der Waals surface area contributed by atoms with Crippen LogP contribution in [0.3, 0.4) is 0 Å². The Morgan fingerprint density at radius 3 is 2.72 bits per heavy atom. The highest BCUT2D eigenvalue weighted by molar-refractivity contribution is 7.13. The summed E-state index contributed by atoms with van der Waals surface area (Å²) < 4.78 is 18.8. The fourth-order valence-corrected chi connectivity index (χ4v) is 3.22. The number of benzene rings is 2. The number of nitrogens with zero attached hydrogens (tertiary/aromatic N) is 1. The van der Waals surface area contributed by atoms with Crippen LogP contribution in [0.4, 0.5) is 4.39 Å². The van der Waals surface area contributed by atoms with E-state index in [1.165, 1.54) is 23.5 Å². The van der Waals surface area contributed by atoms with Crippen LogP contribution in [0.5, 0.6) is 5.75 Å². The zero-order valence-corrected chi connectivity index (χ0v) is 14.5. The van der Waals surface area contributed by atoms with E-state index in [-0.39, 0.29) is 18.8 Å². The molecule has 0 bridgehead atoms. The topological polar surface area (TPSA) is 59.4 Å². The van der Waals surface area contributed by atoms with E-state index in [9.17, 15) is 9.18 Å². The van der Waals surface area contributed by atoms with E-state index < -0.39 is 5.97 Å². The van der Waals surface area contributed by atoms with Crippen molar-refractivity contribution in [3.8, 4) is 16.3 Å². The standard InChI is InChI=1S/C18H13ClFNO3S/c19-12-3-6-16(24-9-11-1-4-13(20)5-2-11)15(7-12)18-21-14(10-25-18)8-17(22)23/h1-7,10H,8-9H2,(H,22,23). The van der Waals surface area contributed by atoms with Gasteiger partial charge in [0.25, 0.3) is 0 Å². The Bertz CT molecular complexity index is 896. The van der Waals surface area contributed by atoms with Crippen LogP contribution in [0.2, 0.25) is 5.02 Å². The summed E-state index contributed by atoms with van der Waals surface area (Å²) >= 11 is 7.41. The normalized spacial score (nSPS) is 10.6. The molecule has 7 heteroatoms. The summed E-state index contributed by atoms with van der Waals surface area (Å²) in [6.07, 6.45) is -0.136. The van der Waals surface area contributed by atoms with Crippen molar-refractivity contribution in [2.24, 2.45) is 0 Å². The van der Waals surface area contributed by atoms with Crippen LogP contribution in [-0.2, 0) is 17.8 Å².